The Bertz CT molecular complexity index is 1140. The van der Waals surface area contributed by atoms with E-state index in [2.05, 4.69) is 23.3 Å². The predicted octanol–water partition coefficient (Wildman–Crippen LogP) is 1.39. The van der Waals surface area contributed by atoms with E-state index in [0.717, 1.165) is 27.7 Å². The largest absolute Gasteiger partial charge is 0.381 e. The highest BCUT2D eigenvalue weighted by molar-refractivity contribution is 5.95. The van der Waals surface area contributed by atoms with Crippen LogP contribution in [0.25, 0.3) is 22.0 Å². The molecule has 3 heterocycles. The number of ether oxygens (including phenoxy) is 1. The zero-order chi connectivity index (χ0) is 22.5. The van der Waals surface area contributed by atoms with E-state index >= 15 is 0 Å². The molecule has 8 nitrogen and oxygen atoms in total. The summed E-state index contributed by atoms with van der Waals surface area (Å²) < 4.78 is 6.92. The van der Waals surface area contributed by atoms with Gasteiger partial charge in [0, 0.05) is 44.2 Å². The molecule has 8 heteroatoms. The van der Waals surface area contributed by atoms with E-state index in [0.29, 0.717) is 31.7 Å². The lowest BCUT2D eigenvalue weighted by atomic mass is 9.98. The summed E-state index contributed by atoms with van der Waals surface area (Å²) in [6.07, 6.45) is -0.964. The number of aryl methyl sites for hydroxylation is 2. The van der Waals surface area contributed by atoms with Gasteiger partial charge in [0.1, 0.15) is 6.23 Å². The molecule has 1 aromatic heterocycles. The molecule has 0 saturated carbocycles. The van der Waals surface area contributed by atoms with E-state index in [1.807, 2.05) is 47.8 Å². The van der Waals surface area contributed by atoms with Crippen molar-refractivity contribution in [2.75, 3.05) is 39.4 Å². The third-order valence-electron chi connectivity index (χ3n) is 6.63. The molecule has 168 valence electrons. The Morgan fingerprint density at radius 3 is 2.34 bits per heavy atom. The van der Waals surface area contributed by atoms with Gasteiger partial charge in [0.2, 0.25) is 0 Å². The van der Waals surface area contributed by atoms with Gasteiger partial charge in [-0.3, -0.25) is 14.4 Å². The van der Waals surface area contributed by atoms with Gasteiger partial charge in [-0.05, 0) is 42.3 Å². The maximum Gasteiger partial charge on any atom is 0.253 e. The SMILES string of the molecule is Cc1nn(C)c2ccc(-c3ccc(C(=O)N4CCN(C(O)C5(O)COC5)CC4)cc3)cc12. The number of piperazine rings is 1. The van der Waals surface area contributed by atoms with E-state index in [4.69, 9.17) is 4.74 Å². The van der Waals surface area contributed by atoms with Crippen LogP contribution in [0.1, 0.15) is 16.1 Å². The minimum absolute atomic E-state index is 0.0186. The molecule has 2 aliphatic heterocycles. The van der Waals surface area contributed by atoms with Crippen LogP contribution in [0.15, 0.2) is 42.5 Å². The summed E-state index contributed by atoms with van der Waals surface area (Å²) in [6, 6.07) is 14.0. The van der Waals surface area contributed by atoms with Crippen molar-refractivity contribution in [3.63, 3.8) is 0 Å². The molecule has 32 heavy (non-hydrogen) atoms. The number of aliphatic hydroxyl groups excluding tert-OH is 1. The van der Waals surface area contributed by atoms with Crippen LogP contribution in [0.4, 0.5) is 0 Å². The standard InChI is InChI=1S/C24H28N4O4/c1-16-20-13-19(7-8-21(20)26(2)25-16)17-3-5-18(6-4-17)22(29)27-9-11-28(12-10-27)23(30)24(31)14-32-15-24/h3-8,13,23,30-31H,9-12,14-15H2,1-2H3. The highest BCUT2D eigenvalue weighted by Crippen LogP contribution is 2.27. The third-order valence-corrected chi connectivity index (χ3v) is 6.63. The summed E-state index contributed by atoms with van der Waals surface area (Å²) in [5.41, 5.74) is 3.69. The minimum Gasteiger partial charge on any atom is -0.381 e. The minimum atomic E-state index is -1.20. The number of amides is 1. The molecule has 0 spiro atoms. The van der Waals surface area contributed by atoms with Crippen LogP contribution in [0.5, 0.6) is 0 Å². The molecule has 1 unspecified atom stereocenters. The van der Waals surface area contributed by atoms with Gasteiger partial charge in [-0.25, -0.2) is 0 Å². The lowest BCUT2D eigenvalue weighted by molar-refractivity contribution is -0.261. The van der Waals surface area contributed by atoms with Crippen LogP contribution in [0, 0.1) is 6.92 Å². The second kappa shape index (κ2) is 7.97. The Balaban J connectivity index is 1.25. The molecular weight excluding hydrogens is 408 g/mol. The molecule has 2 aromatic carbocycles. The van der Waals surface area contributed by atoms with Gasteiger partial charge in [0.25, 0.3) is 5.91 Å². The zero-order valence-corrected chi connectivity index (χ0v) is 18.4. The molecule has 0 aliphatic carbocycles. The number of carbonyl (C=O) groups excluding carboxylic acids is 1. The number of nitrogens with zero attached hydrogens (tertiary/aromatic N) is 4. The lowest BCUT2D eigenvalue weighted by Gasteiger charge is -2.46. The average Bonchev–Trinajstić information content (AvgIpc) is 3.09. The number of benzene rings is 2. The van der Waals surface area contributed by atoms with E-state index in [1.165, 1.54) is 0 Å². The van der Waals surface area contributed by atoms with E-state index < -0.39 is 11.8 Å². The quantitative estimate of drug-likeness (QED) is 0.642. The van der Waals surface area contributed by atoms with Crippen molar-refractivity contribution in [1.29, 1.82) is 0 Å². The molecule has 2 aliphatic rings. The highest BCUT2D eigenvalue weighted by Gasteiger charge is 2.46. The summed E-state index contributed by atoms with van der Waals surface area (Å²) in [7, 11) is 1.94. The number of aliphatic hydroxyl groups is 2. The van der Waals surface area contributed by atoms with Crippen molar-refractivity contribution >= 4 is 16.8 Å². The van der Waals surface area contributed by atoms with Gasteiger partial charge in [-0.2, -0.15) is 5.10 Å². The number of hydrogen-bond acceptors (Lipinski definition) is 6. The second-order valence-corrected chi connectivity index (χ2v) is 8.82. The molecule has 3 aromatic rings. The van der Waals surface area contributed by atoms with Crippen LogP contribution >= 0.6 is 0 Å². The first kappa shape index (κ1) is 21.1. The fourth-order valence-corrected chi connectivity index (χ4v) is 4.58. The Morgan fingerprint density at radius 1 is 1.06 bits per heavy atom. The Morgan fingerprint density at radius 2 is 1.72 bits per heavy atom. The highest BCUT2D eigenvalue weighted by atomic mass is 16.5. The van der Waals surface area contributed by atoms with Gasteiger partial charge in [-0.15, -0.1) is 0 Å². The van der Waals surface area contributed by atoms with Gasteiger partial charge < -0.3 is 19.8 Å². The van der Waals surface area contributed by atoms with Gasteiger partial charge in [0.05, 0.1) is 24.4 Å². The van der Waals surface area contributed by atoms with Crippen molar-refractivity contribution in [2.45, 2.75) is 18.8 Å². The van der Waals surface area contributed by atoms with Crippen LogP contribution in [-0.4, -0.2) is 86.9 Å². The maximum absolute atomic E-state index is 13.0. The smallest absolute Gasteiger partial charge is 0.253 e. The first-order valence-corrected chi connectivity index (χ1v) is 10.9. The fourth-order valence-electron chi connectivity index (χ4n) is 4.58. The molecule has 1 amide bonds. The van der Waals surface area contributed by atoms with E-state index in [9.17, 15) is 15.0 Å². The summed E-state index contributed by atoms with van der Waals surface area (Å²) >= 11 is 0. The van der Waals surface area contributed by atoms with E-state index in [-0.39, 0.29) is 19.1 Å². The summed E-state index contributed by atoms with van der Waals surface area (Å²) in [4.78, 5) is 16.6. The molecule has 2 N–H and O–H groups in total. The van der Waals surface area contributed by atoms with E-state index in [1.54, 1.807) is 4.90 Å². The van der Waals surface area contributed by atoms with Crippen molar-refractivity contribution < 1.29 is 19.7 Å². The van der Waals surface area contributed by atoms with Crippen LogP contribution in [-0.2, 0) is 11.8 Å². The monoisotopic (exact) mass is 436 g/mol. The lowest BCUT2D eigenvalue weighted by Crippen LogP contribution is -2.66. The zero-order valence-electron chi connectivity index (χ0n) is 18.4. The molecule has 5 rings (SSSR count). The van der Waals surface area contributed by atoms with Crippen molar-refractivity contribution in [2.24, 2.45) is 7.05 Å². The van der Waals surface area contributed by atoms with Crippen molar-refractivity contribution in [3.05, 3.63) is 53.7 Å². The van der Waals surface area contributed by atoms with Crippen molar-refractivity contribution in [3.8, 4) is 11.1 Å². The Kier molecular flexibility index (Phi) is 5.25. The van der Waals surface area contributed by atoms with Gasteiger partial charge in [0.15, 0.2) is 5.60 Å². The molecular formula is C24H28N4O4. The van der Waals surface area contributed by atoms with Crippen LogP contribution < -0.4 is 0 Å². The average molecular weight is 437 g/mol. The molecule has 2 saturated heterocycles. The summed E-state index contributed by atoms with van der Waals surface area (Å²) in [5, 5.41) is 26.3. The second-order valence-electron chi connectivity index (χ2n) is 8.82. The number of aromatic nitrogens is 2. The summed E-state index contributed by atoms with van der Waals surface area (Å²) in [6.45, 7) is 4.33. The number of hydrogen-bond donors (Lipinski definition) is 2. The Hall–Kier alpha value is -2.78. The predicted molar refractivity (Wildman–Crippen MR) is 120 cm³/mol. The number of fused-ring (bicyclic) bond motifs is 1. The number of rotatable bonds is 4. The number of carbonyl (C=O) groups is 1. The third kappa shape index (κ3) is 3.59. The molecule has 0 bridgehead atoms. The fraction of sp³-hybridized carbons (Fsp3) is 0.417. The first-order valence-electron chi connectivity index (χ1n) is 10.9. The van der Waals surface area contributed by atoms with Crippen LogP contribution in [0.2, 0.25) is 0 Å². The first-order chi connectivity index (χ1) is 15.4. The Labute approximate surface area is 186 Å². The normalized spacial score (nSPS) is 19.7. The molecule has 0 radical (unpaired) electrons. The molecule has 1 atom stereocenters. The van der Waals surface area contributed by atoms with Gasteiger partial charge >= 0.3 is 0 Å². The summed E-state index contributed by atoms with van der Waals surface area (Å²) in [5.74, 6) is -0.0186. The van der Waals surface area contributed by atoms with Crippen molar-refractivity contribution in [1.82, 2.24) is 19.6 Å². The topological polar surface area (TPSA) is 91.1 Å². The van der Waals surface area contributed by atoms with Gasteiger partial charge in [-0.1, -0.05) is 18.2 Å². The maximum atomic E-state index is 13.0. The molecule has 2 fully saturated rings. The van der Waals surface area contributed by atoms with Crippen LogP contribution in [0.3, 0.4) is 0 Å².